The monoisotopic (exact) mass is 608 g/mol. The zero-order valence-corrected chi connectivity index (χ0v) is 27.9. The quantitative estimate of drug-likeness (QED) is 0.259. The Kier molecular flexibility index (Phi) is 8.96. The van der Waals surface area contributed by atoms with Crippen molar-refractivity contribution >= 4 is 17.2 Å². The zero-order valence-electron chi connectivity index (χ0n) is 27.9. The summed E-state index contributed by atoms with van der Waals surface area (Å²) in [6.07, 6.45) is 5.19. The number of halogens is 1. The lowest BCUT2D eigenvalue weighted by Gasteiger charge is -2.37. The summed E-state index contributed by atoms with van der Waals surface area (Å²) in [4.78, 5) is 18.7. The van der Waals surface area contributed by atoms with Crippen LogP contribution in [0.25, 0.3) is 5.70 Å². The summed E-state index contributed by atoms with van der Waals surface area (Å²) < 4.78 is 40.0. The van der Waals surface area contributed by atoms with Crippen LogP contribution in [0.3, 0.4) is 0 Å². The lowest BCUT2D eigenvalue weighted by atomic mass is 9.84. The van der Waals surface area contributed by atoms with E-state index in [0.717, 1.165) is 48.5 Å². The number of Topliss-reactive ketones (excluding diaryl/α,β-unsaturated/α-hetero) is 1. The molecule has 2 aromatic carbocycles. The van der Waals surface area contributed by atoms with Gasteiger partial charge in [0.2, 0.25) is 0 Å². The Bertz CT molecular complexity index is 1430. The fourth-order valence-electron chi connectivity index (χ4n) is 6.98. The van der Waals surface area contributed by atoms with Gasteiger partial charge in [0, 0.05) is 35.5 Å². The van der Waals surface area contributed by atoms with E-state index < -0.39 is 11.4 Å². The number of rotatable bonds is 10. The molecule has 0 saturated carbocycles. The summed E-state index contributed by atoms with van der Waals surface area (Å²) in [5, 5.41) is 0. The molecule has 0 radical (unpaired) electrons. The van der Waals surface area contributed by atoms with Gasteiger partial charge in [-0.1, -0.05) is 33.8 Å². The number of hydrogen-bond donors (Lipinski definition) is 0. The summed E-state index contributed by atoms with van der Waals surface area (Å²) in [5.74, 6) is 0.836. The van der Waals surface area contributed by atoms with Gasteiger partial charge < -0.3 is 28.7 Å². The molecule has 8 heteroatoms. The van der Waals surface area contributed by atoms with E-state index in [1.54, 1.807) is 7.11 Å². The molecular weight excluding hydrogens is 559 g/mol. The third-order valence-electron chi connectivity index (χ3n) is 9.14. The van der Waals surface area contributed by atoms with Crippen molar-refractivity contribution in [3.63, 3.8) is 0 Å². The van der Waals surface area contributed by atoms with Crippen LogP contribution in [-0.4, -0.2) is 62.8 Å². The molecule has 7 nitrogen and oxygen atoms in total. The number of carbonyl (C=O) groups excluding carboxylic acids is 1. The second-order valence-electron chi connectivity index (χ2n) is 13.6. The van der Waals surface area contributed by atoms with Gasteiger partial charge >= 0.3 is 0 Å². The van der Waals surface area contributed by atoms with Crippen LogP contribution in [0.2, 0.25) is 0 Å². The van der Waals surface area contributed by atoms with Gasteiger partial charge in [-0.15, -0.1) is 0 Å². The fourth-order valence-corrected chi connectivity index (χ4v) is 6.98. The van der Waals surface area contributed by atoms with Crippen LogP contribution in [0.4, 0.5) is 10.1 Å². The molecule has 0 aliphatic carbocycles. The Balaban J connectivity index is 1.57. The number of anilines is 1. The van der Waals surface area contributed by atoms with E-state index in [4.69, 9.17) is 18.9 Å². The molecule has 240 valence electrons. The smallest absolute Gasteiger partial charge is 0.197 e. The number of morpholine rings is 1. The predicted molar refractivity (Wildman–Crippen MR) is 173 cm³/mol. The Morgan fingerprint density at radius 2 is 1.70 bits per heavy atom. The standard InChI is InChI=1S/C36H49FN2O5/c1-10-13-27-31-25(18-30(42-11-2)34(32(31)37)43-12-3)36(7,8)39(27)21-29(40)22-16-26(35(4,5)6)33(41-9)28(17-22)38-19-23-14-15-24(20-38)44-23/h13,16-18,23-24H,10-12,14-15,19-21H2,1-9H3. The number of nitrogens with zero attached hydrogens (tertiary/aromatic N) is 2. The minimum atomic E-state index is -0.672. The molecule has 3 heterocycles. The number of ether oxygens (including phenoxy) is 4. The van der Waals surface area contributed by atoms with Gasteiger partial charge in [-0.25, -0.2) is 4.39 Å². The molecule has 0 amide bonds. The predicted octanol–water partition coefficient (Wildman–Crippen LogP) is 7.48. The molecule has 5 rings (SSSR count). The molecule has 0 N–H and O–H groups in total. The van der Waals surface area contributed by atoms with Gasteiger partial charge in [0.1, 0.15) is 5.75 Å². The number of ketones is 1. The third kappa shape index (κ3) is 5.66. The number of hydrogen-bond acceptors (Lipinski definition) is 7. The molecule has 3 aliphatic rings. The minimum absolute atomic E-state index is 0.0333. The van der Waals surface area contributed by atoms with E-state index in [1.807, 2.05) is 63.8 Å². The van der Waals surface area contributed by atoms with Crippen LogP contribution in [0, 0.1) is 5.82 Å². The number of methoxy groups -OCH3 is 1. The number of fused-ring (bicyclic) bond motifs is 3. The highest BCUT2D eigenvalue weighted by Crippen LogP contribution is 2.51. The van der Waals surface area contributed by atoms with Crippen molar-refractivity contribution in [3.05, 3.63) is 52.3 Å². The second-order valence-corrected chi connectivity index (χ2v) is 13.6. The highest BCUT2D eigenvalue weighted by molar-refractivity contribution is 6.00. The van der Waals surface area contributed by atoms with Crippen molar-refractivity contribution in [2.24, 2.45) is 0 Å². The Morgan fingerprint density at radius 1 is 1.05 bits per heavy atom. The second kappa shape index (κ2) is 12.3. The summed E-state index contributed by atoms with van der Waals surface area (Å²) >= 11 is 0. The van der Waals surface area contributed by atoms with Gasteiger partial charge in [0.25, 0.3) is 0 Å². The molecule has 0 aromatic heterocycles. The van der Waals surface area contributed by atoms with Crippen LogP contribution in [0.5, 0.6) is 17.2 Å². The Hall–Kier alpha value is -3.26. The summed E-state index contributed by atoms with van der Waals surface area (Å²) in [5.41, 5.74) is 3.58. The summed E-state index contributed by atoms with van der Waals surface area (Å²) in [6.45, 7) is 18.6. The number of benzene rings is 2. The van der Waals surface area contributed by atoms with Gasteiger partial charge in [0.15, 0.2) is 23.1 Å². The molecular formula is C36H49FN2O5. The first-order valence-corrected chi connectivity index (χ1v) is 16.1. The largest absolute Gasteiger partial charge is 0.494 e. The first kappa shape index (κ1) is 32.1. The van der Waals surface area contributed by atoms with Crippen LogP contribution < -0.4 is 19.1 Å². The molecule has 2 unspecified atom stereocenters. The van der Waals surface area contributed by atoms with Gasteiger partial charge in [0.05, 0.1) is 50.3 Å². The lowest BCUT2D eigenvalue weighted by molar-refractivity contribution is 0.0303. The van der Waals surface area contributed by atoms with E-state index in [-0.39, 0.29) is 35.7 Å². The fraction of sp³-hybridized carbons (Fsp3) is 0.583. The minimum Gasteiger partial charge on any atom is -0.494 e. The Morgan fingerprint density at radius 3 is 2.27 bits per heavy atom. The van der Waals surface area contributed by atoms with Crippen LogP contribution in [-0.2, 0) is 15.7 Å². The van der Waals surface area contributed by atoms with Gasteiger partial charge in [-0.05, 0) is 76.1 Å². The summed E-state index contributed by atoms with van der Waals surface area (Å²) in [6, 6.07) is 5.86. The van der Waals surface area contributed by atoms with Crippen molar-refractivity contribution in [2.45, 2.75) is 97.8 Å². The normalized spacial score (nSPS) is 21.5. The molecule has 2 atom stereocenters. The van der Waals surface area contributed by atoms with Crippen molar-refractivity contribution < 1.29 is 28.1 Å². The molecule has 2 fully saturated rings. The molecule has 2 saturated heterocycles. The maximum Gasteiger partial charge on any atom is 0.197 e. The average Bonchev–Trinajstić information content (AvgIpc) is 3.41. The van der Waals surface area contributed by atoms with Gasteiger partial charge in [-0.2, -0.15) is 0 Å². The van der Waals surface area contributed by atoms with E-state index in [0.29, 0.717) is 42.2 Å². The lowest BCUT2D eigenvalue weighted by Crippen LogP contribution is -2.43. The molecule has 2 aromatic rings. The highest BCUT2D eigenvalue weighted by Gasteiger charge is 2.45. The van der Waals surface area contributed by atoms with Crippen molar-refractivity contribution in [2.75, 3.05) is 44.9 Å². The molecule has 0 spiro atoms. The van der Waals surface area contributed by atoms with Gasteiger partial charge in [-0.3, -0.25) is 4.79 Å². The van der Waals surface area contributed by atoms with E-state index in [2.05, 4.69) is 25.7 Å². The third-order valence-corrected chi connectivity index (χ3v) is 9.14. The van der Waals surface area contributed by atoms with Crippen molar-refractivity contribution in [1.29, 1.82) is 0 Å². The average molecular weight is 609 g/mol. The maximum atomic E-state index is 16.3. The first-order valence-electron chi connectivity index (χ1n) is 16.1. The van der Waals surface area contributed by atoms with Crippen LogP contribution >= 0.6 is 0 Å². The molecule has 3 aliphatic heterocycles. The summed E-state index contributed by atoms with van der Waals surface area (Å²) in [7, 11) is 1.71. The van der Waals surface area contributed by atoms with Crippen LogP contribution in [0.15, 0.2) is 24.3 Å². The SMILES string of the molecule is CCC=C1c2c(cc(OCC)c(OCC)c2F)C(C)(C)N1CC(=O)c1cc(N2CC3CCC(C2)O3)c(OC)c(C(C)(C)C)c1. The molecule has 44 heavy (non-hydrogen) atoms. The van der Waals surface area contributed by atoms with Crippen LogP contribution in [0.1, 0.15) is 102 Å². The highest BCUT2D eigenvalue weighted by atomic mass is 19.1. The first-order chi connectivity index (χ1) is 20.8. The van der Waals surface area contributed by atoms with Crippen molar-refractivity contribution in [3.8, 4) is 17.2 Å². The van der Waals surface area contributed by atoms with Crippen molar-refractivity contribution in [1.82, 2.24) is 4.90 Å². The van der Waals surface area contributed by atoms with E-state index >= 15 is 4.39 Å². The maximum absolute atomic E-state index is 16.3. The molecule has 2 bridgehead atoms. The topological polar surface area (TPSA) is 60.5 Å². The Labute approximate surface area is 262 Å². The van der Waals surface area contributed by atoms with E-state index in [1.165, 1.54) is 0 Å². The number of carbonyl (C=O) groups is 1. The zero-order chi connectivity index (χ0) is 32.0. The number of allylic oxidation sites excluding steroid dienone is 1. The van der Waals surface area contributed by atoms with E-state index in [9.17, 15) is 4.79 Å².